The van der Waals surface area contributed by atoms with Crippen LogP contribution >= 0.6 is 27.5 Å². The summed E-state index contributed by atoms with van der Waals surface area (Å²) in [6.07, 6.45) is 1.94. The van der Waals surface area contributed by atoms with Crippen LogP contribution in [0, 0.1) is 0 Å². The highest BCUT2D eigenvalue weighted by molar-refractivity contribution is 9.09. The third-order valence-corrected chi connectivity index (χ3v) is 2.75. The lowest BCUT2D eigenvalue weighted by Gasteiger charge is -2.04. The first kappa shape index (κ1) is 10.9. The van der Waals surface area contributed by atoms with Gasteiger partial charge in [0, 0.05) is 11.2 Å². The number of rotatable bonds is 4. The summed E-state index contributed by atoms with van der Waals surface area (Å²) in [5.74, 6) is 0.811. The molecule has 0 radical (unpaired) electrons. The Labute approximate surface area is 91.9 Å². The highest BCUT2D eigenvalue weighted by Gasteiger charge is 2.01. The number of halogens is 2. The number of phenols is 1. The molecule has 1 aromatic carbocycles. The Morgan fingerprint density at radius 1 is 1.38 bits per heavy atom. The molecule has 1 aromatic rings. The van der Waals surface area contributed by atoms with E-state index < -0.39 is 0 Å². The molecule has 0 unspecified atom stereocenters. The maximum absolute atomic E-state index is 9.58. The van der Waals surface area contributed by atoms with Gasteiger partial charge < -0.3 is 5.11 Å². The Kier molecular flexibility index (Phi) is 4.60. The van der Waals surface area contributed by atoms with Crippen molar-refractivity contribution in [3.63, 3.8) is 0 Å². The highest BCUT2D eigenvalue weighted by Crippen LogP contribution is 2.21. The zero-order chi connectivity index (χ0) is 9.68. The van der Waals surface area contributed by atoms with E-state index in [1.54, 1.807) is 6.07 Å². The second kappa shape index (κ2) is 5.51. The molecule has 72 valence electrons. The Bertz CT molecular complexity index is 276. The minimum absolute atomic E-state index is 0.360. The fourth-order valence-corrected chi connectivity index (χ4v) is 1.61. The first-order valence-corrected chi connectivity index (χ1v) is 5.86. The summed E-state index contributed by atoms with van der Waals surface area (Å²) in [5, 5.41) is 10.5. The summed E-state index contributed by atoms with van der Waals surface area (Å²) in [6.45, 7) is 0. The topological polar surface area (TPSA) is 20.2 Å². The quantitative estimate of drug-likeness (QED) is 0.825. The number of aryl methyl sites for hydroxylation is 1. The van der Waals surface area contributed by atoms with Crippen LogP contribution in [0.15, 0.2) is 18.2 Å². The second-order valence-electron chi connectivity index (χ2n) is 2.89. The average Bonchev–Trinajstić information content (AvgIpc) is 2.16. The van der Waals surface area contributed by atoms with Crippen LogP contribution < -0.4 is 0 Å². The van der Waals surface area contributed by atoms with Crippen molar-refractivity contribution < 1.29 is 5.11 Å². The summed E-state index contributed by atoms with van der Waals surface area (Å²) in [4.78, 5) is 0. The first-order valence-electron chi connectivity index (χ1n) is 4.20. The number of alkyl halides is 2. The number of aromatic hydroxyl groups is 1. The molecule has 0 atom stereocenters. The van der Waals surface area contributed by atoms with Crippen molar-refractivity contribution >= 4 is 27.5 Å². The molecule has 0 fully saturated rings. The molecule has 1 nitrogen and oxygen atoms in total. The third-order valence-electron chi connectivity index (χ3n) is 1.88. The van der Waals surface area contributed by atoms with E-state index in [-0.39, 0.29) is 0 Å². The predicted molar refractivity (Wildman–Crippen MR) is 59.8 cm³/mol. The van der Waals surface area contributed by atoms with E-state index in [9.17, 15) is 5.11 Å². The highest BCUT2D eigenvalue weighted by atomic mass is 79.9. The smallest absolute Gasteiger partial charge is 0.119 e. The first-order chi connectivity index (χ1) is 6.27. The van der Waals surface area contributed by atoms with Crippen LogP contribution in [-0.4, -0.2) is 10.4 Å². The van der Waals surface area contributed by atoms with Crippen LogP contribution in [0.1, 0.15) is 17.5 Å². The van der Waals surface area contributed by atoms with Crippen LogP contribution in [0.25, 0.3) is 0 Å². The molecule has 0 amide bonds. The molecule has 0 aliphatic heterocycles. The van der Waals surface area contributed by atoms with E-state index in [1.807, 2.05) is 12.1 Å². The van der Waals surface area contributed by atoms with Crippen LogP contribution in [-0.2, 0) is 12.3 Å². The Hall–Kier alpha value is -0.210. The SMILES string of the molecule is Oc1cc(CCl)ccc1CCCBr. The van der Waals surface area contributed by atoms with Gasteiger partial charge in [0.2, 0.25) is 0 Å². The van der Waals surface area contributed by atoms with E-state index in [4.69, 9.17) is 11.6 Å². The molecular weight excluding hydrogens is 251 g/mol. The summed E-state index contributed by atoms with van der Waals surface area (Å²) < 4.78 is 0. The molecule has 0 saturated carbocycles. The van der Waals surface area contributed by atoms with Gasteiger partial charge in [-0.1, -0.05) is 28.1 Å². The molecule has 0 heterocycles. The maximum Gasteiger partial charge on any atom is 0.119 e. The van der Waals surface area contributed by atoms with Gasteiger partial charge in [0.15, 0.2) is 0 Å². The molecule has 0 bridgehead atoms. The molecule has 0 aliphatic rings. The van der Waals surface area contributed by atoms with Crippen LogP contribution in [0.2, 0.25) is 0 Å². The van der Waals surface area contributed by atoms with Gasteiger partial charge in [0.25, 0.3) is 0 Å². The normalized spacial score (nSPS) is 10.3. The van der Waals surface area contributed by atoms with Crippen molar-refractivity contribution in [3.05, 3.63) is 29.3 Å². The molecule has 0 aromatic heterocycles. The van der Waals surface area contributed by atoms with Crippen LogP contribution in [0.3, 0.4) is 0 Å². The minimum Gasteiger partial charge on any atom is -0.508 e. The summed E-state index contributed by atoms with van der Waals surface area (Å²) >= 11 is 8.99. The Balaban J connectivity index is 2.73. The minimum atomic E-state index is 0.360. The molecule has 0 aliphatic carbocycles. The molecule has 13 heavy (non-hydrogen) atoms. The van der Waals surface area contributed by atoms with E-state index >= 15 is 0 Å². The number of hydrogen-bond donors (Lipinski definition) is 1. The van der Waals surface area contributed by atoms with Gasteiger partial charge in [-0.15, -0.1) is 11.6 Å². The van der Waals surface area contributed by atoms with Crippen molar-refractivity contribution in [2.24, 2.45) is 0 Å². The molecule has 1 rings (SSSR count). The largest absolute Gasteiger partial charge is 0.508 e. The van der Waals surface area contributed by atoms with Gasteiger partial charge in [-0.25, -0.2) is 0 Å². The summed E-state index contributed by atoms with van der Waals surface area (Å²) in [5.41, 5.74) is 1.95. The maximum atomic E-state index is 9.58. The van der Waals surface area contributed by atoms with Crippen molar-refractivity contribution in [2.75, 3.05) is 5.33 Å². The number of benzene rings is 1. The lowest BCUT2D eigenvalue weighted by molar-refractivity contribution is 0.467. The molecule has 0 saturated heterocycles. The fourth-order valence-electron chi connectivity index (χ4n) is 1.16. The third kappa shape index (κ3) is 3.20. The van der Waals surface area contributed by atoms with Gasteiger partial charge in [-0.3, -0.25) is 0 Å². The van der Waals surface area contributed by atoms with E-state index in [0.717, 1.165) is 29.3 Å². The van der Waals surface area contributed by atoms with Crippen molar-refractivity contribution in [2.45, 2.75) is 18.7 Å². The van der Waals surface area contributed by atoms with Crippen molar-refractivity contribution in [3.8, 4) is 5.75 Å². The summed E-state index contributed by atoms with van der Waals surface area (Å²) in [6, 6.07) is 5.63. The lowest BCUT2D eigenvalue weighted by atomic mass is 10.1. The Morgan fingerprint density at radius 3 is 2.69 bits per heavy atom. The Morgan fingerprint density at radius 2 is 2.15 bits per heavy atom. The fraction of sp³-hybridized carbons (Fsp3) is 0.400. The zero-order valence-electron chi connectivity index (χ0n) is 7.26. The predicted octanol–water partition coefficient (Wildman–Crippen LogP) is 3.46. The lowest BCUT2D eigenvalue weighted by Crippen LogP contribution is -1.88. The monoisotopic (exact) mass is 262 g/mol. The van der Waals surface area contributed by atoms with Gasteiger partial charge in [0.1, 0.15) is 5.75 Å². The molecular formula is C10H12BrClO. The van der Waals surface area contributed by atoms with Crippen LogP contribution in [0.5, 0.6) is 5.75 Å². The van der Waals surface area contributed by atoms with E-state index in [0.29, 0.717) is 11.6 Å². The van der Waals surface area contributed by atoms with Gasteiger partial charge >= 0.3 is 0 Å². The summed E-state index contributed by atoms with van der Waals surface area (Å²) in [7, 11) is 0. The second-order valence-corrected chi connectivity index (χ2v) is 3.95. The zero-order valence-corrected chi connectivity index (χ0v) is 9.61. The van der Waals surface area contributed by atoms with E-state index in [1.165, 1.54) is 0 Å². The van der Waals surface area contributed by atoms with Gasteiger partial charge in [0.05, 0.1) is 0 Å². The van der Waals surface area contributed by atoms with Crippen molar-refractivity contribution in [1.29, 1.82) is 0 Å². The standard InChI is InChI=1S/C10H12BrClO/c11-5-1-2-9-4-3-8(7-12)6-10(9)13/h3-4,6,13H,1-2,5,7H2. The number of hydrogen-bond acceptors (Lipinski definition) is 1. The average molecular weight is 264 g/mol. The van der Waals surface area contributed by atoms with Crippen molar-refractivity contribution in [1.82, 2.24) is 0 Å². The van der Waals surface area contributed by atoms with E-state index in [2.05, 4.69) is 15.9 Å². The molecule has 0 spiro atoms. The molecule has 1 N–H and O–H groups in total. The van der Waals surface area contributed by atoms with Crippen LogP contribution in [0.4, 0.5) is 0 Å². The van der Waals surface area contributed by atoms with Gasteiger partial charge in [-0.05, 0) is 30.0 Å². The molecule has 3 heteroatoms. The van der Waals surface area contributed by atoms with Gasteiger partial charge in [-0.2, -0.15) is 0 Å². The number of phenolic OH excluding ortho intramolecular Hbond substituents is 1.